The normalized spacial score (nSPS) is 9.47. The van der Waals surface area contributed by atoms with Crippen LogP contribution < -0.4 is 5.46 Å². The first-order valence-electron chi connectivity index (χ1n) is 4.04. The van der Waals surface area contributed by atoms with Gasteiger partial charge >= 0.3 is 7.12 Å². The molecular weight excluding hydrogens is 199 g/mol. The second kappa shape index (κ2) is 4.63. The minimum Gasteiger partial charge on any atom is -0.423 e. The molecule has 0 spiro atoms. The van der Waals surface area contributed by atoms with Crippen LogP contribution in [0.3, 0.4) is 0 Å². The average Bonchev–Trinajstić information content (AvgIpc) is 2.26. The van der Waals surface area contributed by atoms with Crippen LogP contribution in [0.25, 0.3) is 0 Å². The van der Waals surface area contributed by atoms with Crippen LogP contribution in [0.4, 0.5) is 0 Å². The van der Waals surface area contributed by atoms with E-state index in [1.165, 1.54) is 12.1 Å². The van der Waals surface area contributed by atoms with Crippen molar-refractivity contribution in [2.24, 2.45) is 0 Å². The zero-order valence-corrected chi connectivity index (χ0v) is 7.58. The summed E-state index contributed by atoms with van der Waals surface area (Å²) in [5.74, 6) is 0. The maximum Gasteiger partial charge on any atom is 0.489 e. The standard InChI is InChI=1S/C9H7BO5/c11-3-6-1-2-9(10(14)15)8(5-13)7(6)4-12/h1-5,14-15H. The second-order valence-corrected chi connectivity index (χ2v) is 2.80. The van der Waals surface area contributed by atoms with Crippen LogP contribution in [0.15, 0.2) is 12.1 Å². The van der Waals surface area contributed by atoms with Gasteiger partial charge in [0.05, 0.1) is 0 Å². The van der Waals surface area contributed by atoms with Crippen molar-refractivity contribution in [1.82, 2.24) is 0 Å². The Kier molecular flexibility index (Phi) is 3.49. The van der Waals surface area contributed by atoms with E-state index < -0.39 is 7.12 Å². The van der Waals surface area contributed by atoms with Gasteiger partial charge in [0.1, 0.15) is 6.29 Å². The molecule has 0 unspecified atom stereocenters. The first kappa shape index (κ1) is 11.3. The van der Waals surface area contributed by atoms with Gasteiger partial charge in [0.2, 0.25) is 0 Å². The number of hydrogen-bond donors (Lipinski definition) is 2. The zero-order chi connectivity index (χ0) is 11.4. The van der Waals surface area contributed by atoms with E-state index in [-0.39, 0.29) is 22.2 Å². The maximum atomic E-state index is 10.7. The number of carbonyl (C=O) groups excluding carboxylic acids is 3. The van der Waals surface area contributed by atoms with Crippen molar-refractivity contribution in [3.63, 3.8) is 0 Å². The molecule has 0 aliphatic rings. The summed E-state index contributed by atoms with van der Waals surface area (Å²) < 4.78 is 0. The highest BCUT2D eigenvalue weighted by atomic mass is 16.4. The smallest absolute Gasteiger partial charge is 0.423 e. The largest absolute Gasteiger partial charge is 0.489 e. The summed E-state index contributed by atoms with van der Waals surface area (Å²) in [6.45, 7) is 0. The third kappa shape index (κ3) is 2.00. The van der Waals surface area contributed by atoms with Crippen molar-refractivity contribution in [3.8, 4) is 0 Å². The van der Waals surface area contributed by atoms with E-state index in [0.29, 0.717) is 18.9 Å². The fourth-order valence-corrected chi connectivity index (χ4v) is 1.26. The van der Waals surface area contributed by atoms with Crippen LogP contribution in [0.2, 0.25) is 0 Å². The zero-order valence-electron chi connectivity index (χ0n) is 7.58. The monoisotopic (exact) mass is 206 g/mol. The van der Waals surface area contributed by atoms with Gasteiger partial charge < -0.3 is 10.0 Å². The van der Waals surface area contributed by atoms with Crippen molar-refractivity contribution in [2.75, 3.05) is 0 Å². The Bertz CT molecular complexity index is 413. The van der Waals surface area contributed by atoms with Gasteiger partial charge in [-0.25, -0.2) is 0 Å². The minimum atomic E-state index is -1.86. The topological polar surface area (TPSA) is 91.7 Å². The van der Waals surface area contributed by atoms with Crippen molar-refractivity contribution in [3.05, 3.63) is 28.8 Å². The molecule has 0 amide bonds. The molecular formula is C9H7BO5. The fourth-order valence-electron chi connectivity index (χ4n) is 1.26. The molecule has 0 bridgehead atoms. The van der Waals surface area contributed by atoms with E-state index in [9.17, 15) is 14.4 Å². The molecule has 2 N–H and O–H groups in total. The molecule has 1 aromatic carbocycles. The molecule has 0 fully saturated rings. The van der Waals surface area contributed by atoms with Crippen LogP contribution in [-0.2, 0) is 0 Å². The molecule has 0 aromatic heterocycles. The lowest BCUT2D eigenvalue weighted by molar-refractivity contribution is 0.108. The van der Waals surface area contributed by atoms with Crippen LogP contribution >= 0.6 is 0 Å². The third-order valence-corrected chi connectivity index (χ3v) is 2.00. The summed E-state index contributed by atoms with van der Waals surface area (Å²) in [6.07, 6.45) is 1.06. The van der Waals surface area contributed by atoms with Crippen molar-refractivity contribution in [2.45, 2.75) is 0 Å². The van der Waals surface area contributed by atoms with E-state index in [0.717, 1.165) is 0 Å². The Hall–Kier alpha value is -1.79. The predicted octanol–water partition coefficient (Wildman–Crippen LogP) is -1.20. The van der Waals surface area contributed by atoms with Gasteiger partial charge in [-0.05, 0) is 5.46 Å². The number of benzene rings is 1. The summed E-state index contributed by atoms with van der Waals surface area (Å²) in [5.41, 5.74) is -0.371. The van der Waals surface area contributed by atoms with Crippen LogP contribution in [0.5, 0.6) is 0 Å². The molecule has 1 aromatic rings. The predicted molar refractivity (Wildman–Crippen MR) is 52.4 cm³/mol. The molecule has 5 nitrogen and oxygen atoms in total. The quantitative estimate of drug-likeness (QED) is 0.477. The Morgan fingerprint density at radius 2 is 1.53 bits per heavy atom. The van der Waals surface area contributed by atoms with Crippen molar-refractivity contribution >= 4 is 31.4 Å². The molecule has 15 heavy (non-hydrogen) atoms. The number of carbonyl (C=O) groups is 3. The SMILES string of the molecule is O=Cc1ccc(B(O)O)c(C=O)c1C=O. The summed E-state index contributed by atoms with van der Waals surface area (Å²) in [7, 11) is -1.86. The number of hydrogen-bond acceptors (Lipinski definition) is 5. The second-order valence-electron chi connectivity index (χ2n) is 2.80. The molecule has 0 saturated heterocycles. The third-order valence-electron chi connectivity index (χ3n) is 2.00. The van der Waals surface area contributed by atoms with Gasteiger partial charge in [0, 0.05) is 16.7 Å². The molecule has 6 heteroatoms. The highest BCUT2D eigenvalue weighted by Gasteiger charge is 2.20. The summed E-state index contributed by atoms with van der Waals surface area (Å²) in [4.78, 5) is 31.9. The molecule has 0 atom stereocenters. The van der Waals surface area contributed by atoms with E-state index in [1.807, 2.05) is 0 Å². The van der Waals surface area contributed by atoms with E-state index in [2.05, 4.69) is 0 Å². The number of rotatable bonds is 4. The van der Waals surface area contributed by atoms with Crippen molar-refractivity contribution < 1.29 is 24.4 Å². The molecule has 0 aliphatic heterocycles. The Morgan fingerprint density at radius 3 is 1.93 bits per heavy atom. The molecule has 76 valence electrons. The molecule has 0 radical (unpaired) electrons. The Labute approximate surface area is 85.5 Å². The van der Waals surface area contributed by atoms with Gasteiger partial charge in [-0.3, -0.25) is 14.4 Å². The maximum absolute atomic E-state index is 10.7. The minimum absolute atomic E-state index is 0.0384. The highest BCUT2D eigenvalue weighted by molar-refractivity contribution is 6.60. The fraction of sp³-hybridized carbons (Fsp3) is 0. The summed E-state index contributed by atoms with van der Waals surface area (Å²) >= 11 is 0. The summed E-state index contributed by atoms with van der Waals surface area (Å²) in [5, 5.41) is 17.8. The van der Waals surface area contributed by atoms with E-state index in [1.54, 1.807) is 0 Å². The molecule has 0 heterocycles. The van der Waals surface area contributed by atoms with Crippen LogP contribution in [0, 0.1) is 0 Å². The van der Waals surface area contributed by atoms with Gasteiger partial charge in [-0.15, -0.1) is 0 Å². The number of aldehydes is 3. The van der Waals surface area contributed by atoms with Crippen molar-refractivity contribution in [1.29, 1.82) is 0 Å². The summed E-state index contributed by atoms with van der Waals surface area (Å²) in [6, 6.07) is 2.46. The first-order chi connectivity index (χ1) is 7.15. The average molecular weight is 206 g/mol. The molecule has 1 rings (SSSR count). The lowest BCUT2D eigenvalue weighted by Crippen LogP contribution is -2.34. The van der Waals surface area contributed by atoms with Gasteiger partial charge in [0.15, 0.2) is 12.6 Å². The van der Waals surface area contributed by atoms with Gasteiger partial charge in [-0.2, -0.15) is 0 Å². The Morgan fingerprint density at radius 1 is 0.933 bits per heavy atom. The lowest BCUT2D eigenvalue weighted by atomic mass is 9.75. The van der Waals surface area contributed by atoms with Gasteiger partial charge in [-0.1, -0.05) is 12.1 Å². The van der Waals surface area contributed by atoms with Crippen LogP contribution in [-0.4, -0.2) is 36.0 Å². The molecule has 0 aliphatic carbocycles. The Balaban J connectivity index is 3.54. The lowest BCUT2D eigenvalue weighted by Gasteiger charge is -2.07. The van der Waals surface area contributed by atoms with Crippen LogP contribution in [0.1, 0.15) is 31.1 Å². The van der Waals surface area contributed by atoms with Gasteiger partial charge in [0.25, 0.3) is 0 Å². The van der Waals surface area contributed by atoms with E-state index in [4.69, 9.17) is 10.0 Å². The highest BCUT2D eigenvalue weighted by Crippen LogP contribution is 2.07. The van der Waals surface area contributed by atoms with E-state index >= 15 is 0 Å². The first-order valence-corrected chi connectivity index (χ1v) is 4.04. The molecule has 0 saturated carbocycles.